The van der Waals surface area contributed by atoms with Gasteiger partial charge in [0.05, 0.1) is 11.4 Å². The number of hydrogen-bond acceptors (Lipinski definition) is 6. The maximum absolute atomic E-state index is 5.89. The highest BCUT2D eigenvalue weighted by Gasteiger charge is 2.12. The summed E-state index contributed by atoms with van der Waals surface area (Å²) in [5, 5.41) is 0. The van der Waals surface area contributed by atoms with Gasteiger partial charge in [-0.15, -0.1) is 0 Å². The number of aromatic nitrogens is 4. The number of hydrogen-bond donors (Lipinski definition) is 2. The molecule has 2 heterocycles. The van der Waals surface area contributed by atoms with Gasteiger partial charge >= 0.3 is 0 Å². The quantitative estimate of drug-likeness (QED) is 0.353. The molecule has 3 rings (SSSR count). The van der Waals surface area contributed by atoms with Crippen LogP contribution in [0.4, 0.5) is 11.4 Å². The third kappa shape index (κ3) is 1.67. The predicted octanol–water partition coefficient (Wildman–Crippen LogP) is 1.76. The first-order valence-electron chi connectivity index (χ1n) is 5.67. The summed E-state index contributed by atoms with van der Waals surface area (Å²) in [5.74, 6) is 0. The van der Waals surface area contributed by atoms with Gasteiger partial charge in [-0.3, -0.25) is 19.9 Å². The van der Waals surface area contributed by atoms with E-state index < -0.39 is 0 Å². The molecule has 0 saturated carbocycles. The van der Waals surface area contributed by atoms with Crippen molar-refractivity contribution in [2.75, 3.05) is 11.5 Å². The number of benzene rings is 1. The van der Waals surface area contributed by atoms with Gasteiger partial charge in [0.2, 0.25) is 0 Å². The van der Waals surface area contributed by atoms with E-state index in [1.165, 1.54) is 0 Å². The summed E-state index contributed by atoms with van der Waals surface area (Å²) >= 11 is 0. The molecule has 0 aliphatic rings. The second-order valence-corrected chi connectivity index (χ2v) is 3.33. The summed E-state index contributed by atoms with van der Waals surface area (Å²) in [7, 11) is 0. The Morgan fingerprint density at radius 2 is 0.889 bits per heavy atom. The lowest BCUT2D eigenvalue weighted by atomic mass is 10.2. The SMILES string of the molecule is CC.Nc1c(N)c2nccnc2c2nccnc12. The molecule has 6 nitrogen and oxygen atoms in total. The zero-order valence-corrected chi connectivity index (χ0v) is 10.3. The lowest BCUT2D eigenvalue weighted by molar-refractivity contribution is 1.26. The van der Waals surface area contributed by atoms with Crippen LogP contribution < -0.4 is 11.5 Å². The molecule has 0 aliphatic heterocycles. The molecule has 0 amide bonds. The van der Waals surface area contributed by atoms with Gasteiger partial charge in [-0.1, -0.05) is 13.8 Å². The summed E-state index contributed by atoms with van der Waals surface area (Å²) in [5.41, 5.74) is 14.9. The molecule has 0 spiro atoms. The largest absolute Gasteiger partial charge is 0.395 e. The van der Waals surface area contributed by atoms with Crippen LogP contribution in [0.1, 0.15) is 13.8 Å². The normalized spacial score (nSPS) is 10.1. The minimum atomic E-state index is 0.399. The number of rotatable bonds is 0. The van der Waals surface area contributed by atoms with Crippen molar-refractivity contribution < 1.29 is 0 Å². The van der Waals surface area contributed by atoms with E-state index in [9.17, 15) is 0 Å². The molecule has 3 aromatic rings. The van der Waals surface area contributed by atoms with E-state index in [1.54, 1.807) is 24.8 Å². The molecule has 6 heteroatoms. The van der Waals surface area contributed by atoms with Crippen molar-refractivity contribution in [3.05, 3.63) is 24.8 Å². The van der Waals surface area contributed by atoms with Crippen LogP contribution >= 0.6 is 0 Å². The van der Waals surface area contributed by atoms with Crippen LogP contribution in [0.25, 0.3) is 22.1 Å². The van der Waals surface area contributed by atoms with Crippen molar-refractivity contribution >= 4 is 33.4 Å². The number of anilines is 2. The molecular formula is C12H14N6. The lowest BCUT2D eigenvalue weighted by Crippen LogP contribution is -2.01. The summed E-state index contributed by atoms with van der Waals surface area (Å²) < 4.78 is 0. The van der Waals surface area contributed by atoms with Gasteiger partial charge in [0.25, 0.3) is 0 Å². The maximum atomic E-state index is 5.89. The van der Waals surface area contributed by atoms with Gasteiger partial charge in [0, 0.05) is 24.8 Å². The van der Waals surface area contributed by atoms with Crippen molar-refractivity contribution in [1.82, 2.24) is 19.9 Å². The molecule has 0 aliphatic carbocycles. The van der Waals surface area contributed by atoms with Crippen LogP contribution in [-0.4, -0.2) is 19.9 Å². The topological polar surface area (TPSA) is 104 Å². The second kappa shape index (κ2) is 4.79. The summed E-state index contributed by atoms with van der Waals surface area (Å²) in [4.78, 5) is 16.7. The smallest absolute Gasteiger partial charge is 0.119 e. The lowest BCUT2D eigenvalue weighted by Gasteiger charge is -2.07. The Kier molecular flexibility index (Phi) is 3.18. The van der Waals surface area contributed by atoms with Crippen LogP contribution in [0.3, 0.4) is 0 Å². The molecule has 0 atom stereocenters. The molecule has 0 unspecified atom stereocenters. The average Bonchev–Trinajstić information content (AvgIpc) is 2.47. The molecule has 0 radical (unpaired) electrons. The second-order valence-electron chi connectivity index (χ2n) is 3.33. The van der Waals surface area contributed by atoms with Crippen molar-refractivity contribution in [1.29, 1.82) is 0 Å². The fourth-order valence-corrected chi connectivity index (χ4v) is 1.67. The summed E-state index contributed by atoms with van der Waals surface area (Å²) in [6.07, 6.45) is 6.32. The summed E-state index contributed by atoms with van der Waals surface area (Å²) in [6, 6.07) is 0. The van der Waals surface area contributed by atoms with Gasteiger partial charge in [0.1, 0.15) is 22.1 Å². The molecule has 18 heavy (non-hydrogen) atoms. The molecule has 4 N–H and O–H groups in total. The predicted molar refractivity (Wildman–Crippen MR) is 72.8 cm³/mol. The van der Waals surface area contributed by atoms with Crippen LogP contribution in [0.5, 0.6) is 0 Å². The van der Waals surface area contributed by atoms with E-state index >= 15 is 0 Å². The fraction of sp³-hybridized carbons (Fsp3) is 0.167. The molecule has 0 fully saturated rings. The molecule has 1 aromatic carbocycles. The Bertz CT molecular complexity index is 634. The van der Waals surface area contributed by atoms with E-state index in [0.717, 1.165) is 0 Å². The van der Waals surface area contributed by atoms with Crippen molar-refractivity contribution in [2.45, 2.75) is 13.8 Å². The Hall–Kier alpha value is -2.50. The third-order valence-electron chi connectivity index (χ3n) is 2.42. The number of nitrogen functional groups attached to an aromatic ring is 2. The maximum Gasteiger partial charge on any atom is 0.119 e. The monoisotopic (exact) mass is 242 g/mol. The average molecular weight is 242 g/mol. The Morgan fingerprint density at radius 3 is 1.22 bits per heavy atom. The first-order valence-corrected chi connectivity index (χ1v) is 5.67. The Morgan fingerprint density at radius 1 is 0.611 bits per heavy atom. The van der Waals surface area contributed by atoms with E-state index in [1.807, 2.05) is 13.8 Å². The molecular weight excluding hydrogens is 228 g/mol. The van der Waals surface area contributed by atoms with Crippen LogP contribution in [0, 0.1) is 0 Å². The standard InChI is InChI=1S/C10H8N6.C2H6/c11-5-6(12)8-10(16-4-2-14-8)9-7(5)13-1-3-15-9;1-2/h1-4H,11-12H2;1-2H3. The van der Waals surface area contributed by atoms with Crippen molar-refractivity contribution in [3.63, 3.8) is 0 Å². The van der Waals surface area contributed by atoms with Gasteiger partial charge in [-0.05, 0) is 0 Å². The van der Waals surface area contributed by atoms with Crippen molar-refractivity contribution in [3.8, 4) is 0 Å². The number of nitrogens with zero attached hydrogens (tertiary/aromatic N) is 4. The first kappa shape index (κ1) is 12.0. The van der Waals surface area contributed by atoms with Crippen LogP contribution in [-0.2, 0) is 0 Å². The van der Waals surface area contributed by atoms with Gasteiger partial charge in [0.15, 0.2) is 0 Å². The Balaban J connectivity index is 0.000000574. The van der Waals surface area contributed by atoms with Crippen LogP contribution in [0.2, 0.25) is 0 Å². The van der Waals surface area contributed by atoms with Gasteiger partial charge < -0.3 is 11.5 Å². The number of fused-ring (bicyclic) bond motifs is 3. The van der Waals surface area contributed by atoms with E-state index in [2.05, 4.69) is 19.9 Å². The zero-order chi connectivity index (χ0) is 13.1. The minimum Gasteiger partial charge on any atom is -0.395 e. The first-order chi connectivity index (χ1) is 8.79. The molecule has 0 saturated heterocycles. The molecule has 92 valence electrons. The highest BCUT2D eigenvalue weighted by Crippen LogP contribution is 2.31. The van der Waals surface area contributed by atoms with E-state index in [0.29, 0.717) is 33.4 Å². The Labute approximate surface area is 104 Å². The highest BCUT2D eigenvalue weighted by atomic mass is 14.9. The highest BCUT2D eigenvalue weighted by molar-refractivity contribution is 6.12. The van der Waals surface area contributed by atoms with Crippen LogP contribution in [0.15, 0.2) is 24.8 Å². The summed E-state index contributed by atoms with van der Waals surface area (Å²) in [6.45, 7) is 4.00. The fourth-order valence-electron chi connectivity index (χ4n) is 1.67. The minimum absolute atomic E-state index is 0.399. The van der Waals surface area contributed by atoms with E-state index in [4.69, 9.17) is 11.5 Å². The molecule has 2 aromatic heterocycles. The number of nitrogens with two attached hydrogens (primary N) is 2. The van der Waals surface area contributed by atoms with Gasteiger partial charge in [-0.2, -0.15) is 0 Å². The third-order valence-corrected chi connectivity index (χ3v) is 2.42. The zero-order valence-electron chi connectivity index (χ0n) is 10.3. The molecule has 0 bridgehead atoms. The van der Waals surface area contributed by atoms with Crippen molar-refractivity contribution in [2.24, 2.45) is 0 Å². The van der Waals surface area contributed by atoms with Gasteiger partial charge in [-0.25, -0.2) is 0 Å². The van der Waals surface area contributed by atoms with E-state index in [-0.39, 0.29) is 0 Å².